The van der Waals surface area contributed by atoms with E-state index in [1.54, 1.807) is 10.0 Å². The number of fused-ring (bicyclic) bond motifs is 2. The first-order chi connectivity index (χ1) is 6.86. The lowest BCUT2D eigenvalue weighted by atomic mass is 10.4. The summed E-state index contributed by atoms with van der Waals surface area (Å²) in [6, 6.07) is 2.31. The standard InChI is InChI=1S/C11H10S2Si/c1-14-10-4-6-12-8(10)2-3-9-11(14)5-7-13-9/h2-6H,7H2,1H3. The molecule has 0 aliphatic carbocycles. The zero-order chi connectivity index (χ0) is 9.54. The average molecular weight is 234 g/mol. The molecule has 0 unspecified atom stereocenters. The molecule has 3 rings (SSSR count). The van der Waals surface area contributed by atoms with Crippen molar-refractivity contribution in [2.75, 3.05) is 5.75 Å². The highest BCUT2D eigenvalue weighted by Crippen LogP contribution is 2.32. The highest BCUT2D eigenvalue weighted by molar-refractivity contribution is 8.03. The van der Waals surface area contributed by atoms with Crippen LogP contribution in [-0.4, -0.2) is 14.2 Å². The van der Waals surface area contributed by atoms with Crippen molar-refractivity contribution in [1.82, 2.24) is 0 Å². The van der Waals surface area contributed by atoms with E-state index in [2.05, 4.69) is 36.2 Å². The van der Waals surface area contributed by atoms with Crippen molar-refractivity contribution in [2.24, 2.45) is 0 Å². The van der Waals surface area contributed by atoms with Gasteiger partial charge in [-0.05, 0) is 33.6 Å². The first-order valence-electron chi connectivity index (χ1n) is 4.66. The monoisotopic (exact) mass is 234 g/mol. The Hall–Kier alpha value is -0.383. The van der Waals surface area contributed by atoms with Gasteiger partial charge >= 0.3 is 0 Å². The van der Waals surface area contributed by atoms with E-state index in [0.717, 1.165) is 0 Å². The first-order valence-corrected chi connectivity index (χ1v) is 8.53. The summed E-state index contributed by atoms with van der Waals surface area (Å²) in [6.45, 7) is 2.42. The third kappa shape index (κ3) is 1.23. The number of thioether (sulfide) groups is 1. The molecular weight excluding hydrogens is 224 g/mol. The van der Waals surface area contributed by atoms with E-state index in [-0.39, 0.29) is 0 Å². The molecule has 0 spiro atoms. The summed E-state index contributed by atoms with van der Waals surface area (Å²) in [7, 11) is -0.467. The van der Waals surface area contributed by atoms with Crippen molar-refractivity contribution < 1.29 is 0 Å². The van der Waals surface area contributed by atoms with E-state index in [1.807, 2.05) is 23.1 Å². The minimum atomic E-state index is -0.467. The van der Waals surface area contributed by atoms with Crippen molar-refractivity contribution in [3.05, 3.63) is 43.0 Å². The minimum absolute atomic E-state index is 0.467. The van der Waals surface area contributed by atoms with E-state index < -0.39 is 8.41 Å². The lowest BCUT2D eigenvalue weighted by Gasteiger charge is -2.01. The average Bonchev–Trinajstić information content (AvgIpc) is 2.81. The minimum Gasteiger partial charge on any atom is -0.144 e. The van der Waals surface area contributed by atoms with Crippen molar-refractivity contribution >= 4 is 37.6 Å². The molecule has 0 radical (unpaired) electrons. The molecule has 0 saturated heterocycles. The largest absolute Gasteiger partial charge is 0.144 e. The van der Waals surface area contributed by atoms with Gasteiger partial charge in [0.1, 0.15) is 0 Å². The molecule has 0 fully saturated rings. The smallest absolute Gasteiger partial charge is 0.0541 e. The fourth-order valence-electron chi connectivity index (χ4n) is 1.93. The second-order valence-electron chi connectivity index (χ2n) is 3.45. The van der Waals surface area contributed by atoms with Gasteiger partial charge in [0.05, 0.1) is 8.41 Å². The second kappa shape index (κ2) is 3.33. The maximum Gasteiger partial charge on any atom is 0.0541 e. The summed E-state index contributed by atoms with van der Waals surface area (Å²) in [5.74, 6) is 1.18. The lowest BCUT2D eigenvalue weighted by molar-refractivity contribution is 1.72. The Morgan fingerprint density at radius 3 is 3.21 bits per heavy atom. The zero-order valence-electron chi connectivity index (χ0n) is 7.91. The molecule has 3 heteroatoms. The van der Waals surface area contributed by atoms with Crippen molar-refractivity contribution in [1.29, 1.82) is 0 Å². The summed E-state index contributed by atoms with van der Waals surface area (Å²) < 4.78 is 1.48. The molecule has 14 heavy (non-hydrogen) atoms. The Morgan fingerprint density at radius 2 is 2.29 bits per heavy atom. The third-order valence-corrected chi connectivity index (χ3v) is 7.45. The van der Waals surface area contributed by atoms with Crippen molar-refractivity contribution in [3.8, 4) is 0 Å². The molecule has 1 aromatic rings. The normalized spacial score (nSPS) is 19.1. The van der Waals surface area contributed by atoms with Crippen LogP contribution < -0.4 is 4.53 Å². The number of hydrogen-bond donors (Lipinski definition) is 0. The number of rotatable bonds is 0. The fraction of sp³-hybridized carbons (Fsp3) is 0.182. The molecule has 70 valence electrons. The number of thiophene rings is 1. The van der Waals surface area contributed by atoms with Crippen molar-refractivity contribution in [3.63, 3.8) is 0 Å². The summed E-state index contributed by atoms with van der Waals surface area (Å²) in [5, 5.41) is 3.85. The van der Waals surface area contributed by atoms with Gasteiger partial charge in [0.2, 0.25) is 0 Å². The predicted molar refractivity (Wildman–Crippen MR) is 67.5 cm³/mol. The second-order valence-corrected chi connectivity index (χ2v) is 7.79. The van der Waals surface area contributed by atoms with Gasteiger partial charge in [-0.3, -0.25) is 0 Å². The SMILES string of the molecule is C[Si]1=c2ccsc2=CC=C2SCC=C21. The predicted octanol–water partition coefficient (Wildman–Crippen LogP) is 2.60. The number of hydrogen-bond acceptors (Lipinski definition) is 2. The molecule has 2 aliphatic rings. The van der Waals surface area contributed by atoms with Crippen molar-refractivity contribution in [2.45, 2.75) is 6.55 Å². The van der Waals surface area contributed by atoms with E-state index in [9.17, 15) is 0 Å². The van der Waals surface area contributed by atoms with Crippen LogP contribution >= 0.6 is 23.1 Å². The van der Waals surface area contributed by atoms with Crippen LogP contribution in [0.5, 0.6) is 0 Å². The topological polar surface area (TPSA) is 0 Å². The van der Waals surface area contributed by atoms with Gasteiger partial charge in [0, 0.05) is 15.2 Å². The van der Waals surface area contributed by atoms with Gasteiger partial charge in [-0.15, -0.1) is 23.1 Å². The van der Waals surface area contributed by atoms with Crippen LogP contribution in [0.25, 0.3) is 6.08 Å². The van der Waals surface area contributed by atoms with Gasteiger partial charge in [0.15, 0.2) is 0 Å². The molecule has 0 amide bonds. The van der Waals surface area contributed by atoms with Gasteiger partial charge in [-0.2, -0.15) is 0 Å². The molecule has 0 nitrogen and oxygen atoms in total. The van der Waals surface area contributed by atoms with E-state index in [4.69, 9.17) is 0 Å². The molecule has 0 aromatic carbocycles. The Kier molecular flexibility index (Phi) is 2.11. The summed E-state index contributed by atoms with van der Waals surface area (Å²) >= 11 is 3.85. The molecule has 0 saturated carbocycles. The Balaban J connectivity index is 2.43. The Bertz CT molecular complexity index is 560. The van der Waals surface area contributed by atoms with Gasteiger partial charge in [-0.1, -0.05) is 12.6 Å². The van der Waals surface area contributed by atoms with Gasteiger partial charge in [0.25, 0.3) is 0 Å². The summed E-state index contributed by atoms with van der Waals surface area (Å²) in [5.41, 5.74) is 0. The maximum atomic E-state index is 2.42. The van der Waals surface area contributed by atoms with Gasteiger partial charge < -0.3 is 0 Å². The van der Waals surface area contributed by atoms with E-state index in [0.29, 0.717) is 0 Å². The van der Waals surface area contributed by atoms with E-state index >= 15 is 0 Å². The van der Waals surface area contributed by atoms with Crippen LogP contribution in [0.2, 0.25) is 6.55 Å². The molecule has 3 heterocycles. The fourth-order valence-corrected chi connectivity index (χ4v) is 6.97. The highest BCUT2D eigenvalue weighted by Gasteiger charge is 2.15. The lowest BCUT2D eigenvalue weighted by Crippen LogP contribution is -2.05. The first kappa shape index (κ1) is 8.89. The molecule has 0 atom stereocenters. The molecule has 2 aliphatic heterocycles. The highest BCUT2D eigenvalue weighted by atomic mass is 32.2. The zero-order valence-corrected chi connectivity index (χ0v) is 10.5. The Labute approximate surface area is 92.9 Å². The van der Waals surface area contributed by atoms with Gasteiger partial charge in [-0.25, -0.2) is 0 Å². The molecule has 1 aromatic heterocycles. The third-order valence-electron chi connectivity index (χ3n) is 2.68. The van der Waals surface area contributed by atoms with Crippen LogP contribution in [0.15, 0.2) is 33.7 Å². The van der Waals surface area contributed by atoms with Crippen LogP contribution in [0, 0.1) is 4.81 Å². The van der Waals surface area contributed by atoms with Crippen LogP contribution in [0.1, 0.15) is 0 Å². The summed E-state index contributed by atoms with van der Waals surface area (Å²) in [4.78, 5) is 3.12. The molecule has 0 bridgehead atoms. The summed E-state index contributed by atoms with van der Waals surface area (Å²) in [6.07, 6.45) is 7.02. The van der Waals surface area contributed by atoms with Crippen LogP contribution in [0.3, 0.4) is 0 Å². The maximum absolute atomic E-state index is 2.42. The van der Waals surface area contributed by atoms with Crippen LogP contribution in [0.4, 0.5) is 0 Å². The number of allylic oxidation sites excluding steroid dienone is 2. The van der Waals surface area contributed by atoms with Crippen LogP contribution in [-0.2, 0) is 0 Å². The molecular formula is C11H10S2Si. The quantitative estimate of drug-likeness (QED) is 0.622. The molecule has 0 N–H and O–H groups in total. The van der Waals surface area contributed by atoms with E-state index in [1.165, 1.54) is 15.2 Å². The Morgan fingerprint density at radius 1 is 1.36 bits per heavy atom.